The van der Waals surface area contributed by atoms with Crippen molar-refractivity contribution in [2.24, 2.45) is 5.73 Å². The van der Waals surface area contributed by atoms with Gasteiger partial charge in [0.15, 0.2) is 0 Å². The molecule has 0 unspecified atom stereocenters. The van der Waals surface area contributed by atoms with Crippen molar-refractivity contribution in [1.29, 1.82) is 0 Å². The van der Waals surface area contributed by atoms with E-state index in [9.17, 15) is 4.79 Å². The van der Waals surface area contributed by atoms with Crippen molar-refractivity contribution in [3.63, 3.8) is 0 Å². The standard InChI is InChI=1S/C18H25BrN2O3/c19-15-3-1-2-14(12-15)17(4-8-23-9-5-17)13-21-16(22)18(20)6-10-24-11-7-18/h1-3,12H,4-11,13,20H2,(H,21,22). The summed E-state index contributed by atoms with van der Waals surface area (Å²) in [4.78, 5) is 12.7. The second-order valence-electron chi connectivity index (χ2n) is 6.85. The molecule has 2 aliphatic heterocycles. The summed E-state index contributed by atoms with van der Waals surface area (Å²) >= 11 is 3.55. The normalized spacial score (nSPS) is 22.8. The smallest absolute Gasteiger partial charge is 0.240 e. The zero-order valence-corrected chi connectivity index (χ0v) is 15.4. The predicted octanol–water partition coefficient (Wildman–Crippen LogP) is 2.12. The lowest BCUT2D eigenvalue weighted by atomic mass is 9.74. The highest BCUT2D eigenvalue weighted by atomic mass is 79.9. The van der Waals surface area contributed by atoms with Crippen LogP contribution in [0.2, 0.25) is 0 Å². The van der Waals surface area contributed by atoms with E-state index in [1.807, 2.05) is 12.1 Å². The van der Waals surface area contributed by atoms with Crippen molar-refractivity contribution in [2.45, 2.75) is 36.6 Å². The van der Waals surface area contributed by atoms with Gasteiger partial charge in [-0.3, -0.25) is 4.79 Å². The average molecular weight is 397 g/mol. The van der Waals surface area contributed by atoms with Crippen molar-refractivity contribution >= 4 is 21.8 Å². The molecule has 2 heterocycles. The SMILES string of the molecule is NC1(C(=O)NCC2(c3cccc(Br)c3)CCOCC2)CCOCC1. The van der Waals surface area contributed by atoms with Crippen LogP contribution in [0.1, 0.15) is 31.2 Å². The molecule has 0 atom stereocenters. The van der Waals surface area contributed by atoms with E-state index in [-0.39, 0.29) is 11.3 Å². The topological polar surface area (TPSA) is 73.6 Å². The number of amides is 1. The highest BCUT2D eigenvalue weighted by Gasteiger charge is 2.39. The summed E-state index contributed by atoms with van der Waals surface area (Å²) in [7, 11) is 0. The van der Waals surface area contributed by atoms with Gasteiger partial charge in [-0.1, -0.05) is 28.1 Å². The molecule has 1 aromatic carbocycles. The first-order valence-electron chi connectivity index (χ1n) is 8.53. The number of hydrogen-bond acceptors (Lipinski definition) is 4. The second kappa shape index (κ2) is 7.52. The van der Waals surface area contributed by atoms with Gasteiger partial charge < -0.3 is 20.5 Å². The van der Waals surface area contributed by atoms with Crippen LogP contribution in [-0.2, 0) is 19.7 Å². The van der Waals surface area contributed by atoms with Gasteiger partial charge in [0.1, 0.15) is 0 Å². The average Bonchev–Trinajstić information content (AvgIpc) is 2.61. The first-order valence-corrected chi connectivity index (χ1v) is 9.32. The van der Waals surface area contributed by atoms with Gasteiger partial charge in [0.05, 0.1) is 5.54 Å². The number of nitrogens with one attached hydrogen (secondary N) is 1. The minimum Gasteiger partial charge on any atom is -0.381 e. The maximum atomic E-state index is 12.7. The molecular formula is C18H25BrN2O3. The summed E-state index contributed by atoms with van der Waals surface area (Å²) in [6, 6.07) is 8.34. The lowest BCUT2D eigenvalue weighted by Crippen LogP contribution is -2.59. The molecule has 0 saturated carbocycles. The molecule has 24 heavy (non-hydrogen) atoms. The Hall–Kier alpha value is -0.950. The number of nitrogens with two attached hydrogens (primary N) is 1. The van der Waals surface area contributed by atoms with E-state index in [2.05, 4.69) is 33.4 Å². The Morgan fingerprint density at radius 2 is 1.75 bits per heavy atom. The molecule has 132 valence electrons. The molecule has 3 N–H and O–H groups in total. The fourth-order valence-electron chi connectivity index (χ4n) is 3.54. The van der Waals surface area contributed by atoms with Crippen LogP contribution in [0.25, 0.3) is 0 Å². The predicted molar refractivity (Wildman–Crippen MR) is 95.9 cm³/mol. The van der Waals surface area contributed by atoms with Gasteiger partial charge in [-0.25, -0.2) is 0 Å². The Kier molecular flexibility index (Phi) is 5.59. The third-order valence-corrected chi connectivity index (χ3v) is 5.80. The molecule has 0 bridgehead atoms. The monoisotopic (exact) mass is 396 g/mol. The van der Waals surface area contributed by atoms with Crippen molar-refractivity contribution in [3.05, 3.63) is 34.3 Å². The number of hydrogen-bond donors (Lipinski definition) is 2. The summed E-state index contributed by atoms with van der Waals surface area (Å²) in [5, 5.41) is 3.13. The van der Waals surface area contributed by atoms with Gasteiger partial charge >= 0.3 is 0 Å². The van der Waals surface area contributed by atoms with E-state index in [1.165, 1.54) is 5.56 Å². The third-order valence-electron chi connectivity index (χ3n) is 5.31. The first-order chi connectivity index (χ1) is 11.5. The summed E-state index contributed by atoms with van der Waals surface area (Å²) < 4.78 is 11.9. The van der Waals surface area contributed by atoms with Crippen LogP contribution in [0.3, 0.4) is 0 Å². The van der Waals surface area contributed by atoms with Gasteiger partial charge in [0, 0.05) is 42.9 Å². The minimum atomic E-state index is -0.804. The lowest BCUT2D eigenvalue weighted by Gasteiger charge is -2.39. The molecule has 6 heteroatoms. The lowest BCUT2D eigenvalue weighted by molar-refractivity contribution is -0.130. The van der Waals surface area contributed by atoms with Gasteiger partial charge in [0.25, 0.3) is 0 Å². The molecule has 0 aliphatic carbocycles. The number of halogens is 1. The summed E-state index contributed by atoms with van der Waals surface area (Å²) in [6.07, 6.45) is 2.94. The van der Waals surface area contributed by atoms with Crippen LogP contribution < -0.4 is 11.1 Å². The molecule has 0 spiro atoms. The summed E-state index contributed by atoms with van der Waals surface area (Å²) in [6.45, 7) is 3.11. The molecular weight excluding hydrogens is 372 g/mol. The quantitative estimate of drug-likeness (QED) is 0.817. The van der Waals surface area contributed by atoms with E-state index in [0.717, 1.165) is 17.3 Å². The Labute approximate surface area is 151 Å². The number of benzene rings is 1. The Bertz CT molecular complexity index is 581. The fraction of sp³-hybridized carbons (Fsp3) is 0.611. The fourth-order valence-corrected chi connectivity index (χ4v) is 3.94. The Morgan fingerprint density at radius 1 is 1.12 bits per heavy atom. The maximum absolute atomic E-state index is 12.7. The number of rotatable bonds is 4. The molecule has 0 radical (unpaired) electrons. The maximum Gasteiger partial charge on any atom is 0.240 e. The van der Waals surface area contributed by atoms with Crippen molar-refractivity contribution in [2.75, 3.05) is 33.0 Å². The molecule has 2 aliphatic rings. The van der Waals surface area contributed by atoms with Crippen LogP contribution >= 0.6 is 15.9 Å². The number of carbonyl (C=O) groups is 1. The molecule has 1 amide bonds. The second-order valence-corrected chi connectivity index (χ2v) is 7.77. The molecule has 2 fully saturated rings. The van der Waals surface area contributed by atoms with E-state index >= 15 is 0 Å². The highest BCUT2D eigenvalue weighted by molar-refractivity contribution is 9.10. The largest absolute Gasteiger partial charge is 0.381 e. The molecule has 2 saturated heterocycles. The van der Waals surface area contributed by atoms with E-state index in [4.69, 9.17) is 15.2 Å². The Morgan fingerprint density at radius 3 is 2.38 bits per heavy atom. The van der Waals surface area contributed by atoms with E-state index < -0.39 is 5.54 Å². The van der Waals surface area contributed by atoms with Crippen molar-refractivity contribution in [3.8, 4) is 0 Å². The number of carbonyl (C=O) groups excluding carboxylic acids is 1. The Balaban J connectivity index is 1.74. The van der Waals surface area contributed by atoms with Crippen LogP contribution in [-0.4, -0.2) is 44.4 Å². The molecule has 0 aromatic heterocycles. The van der Waals surface area contributed by atoms with Gasteiger partial charge in [-0.15, -0.1) is 0 Å². The minimum absolute atomic E-state index is 0.0633. The highest BCUT2D eigenvalue weighted by Crippen LogP contribution is 2.35. The van der Waals surface area contributed by atoms with Crippen LogP contribution in [0.5, 0.6) is 0 Å². The molecule has 5 nitrogen and oxygen atoms in total. The number of ether oxygens (including phenoxy) is 2. The third kappa shape index (κ3) is 3.82. The van der Waals surface area contributed by atoms with Crippen LogP contribution in [0, 0.1) is 0 Å². The van der Waals surface area contributed by atoms with Gasteiger partial charge in [-0.2, -0.15) is 0 Å². The van der Waals surface area contributed by atoms with Crippen molar-refractivity contribution in [1.82, 2.24) is 5.32 Å². The van der Waals surface area contributed by atoms with Crippen LogP contribution in [0.4, 0.5) is 0 Å². The van der Waals surface area contributed by atoms with Crippen LogP contribution in [0.15, 0.2) is 28.7 Å². The zero-order valence-electron chi connectivity index (χ0n) is 13.9. The zero-order chi connectivity index (χ0) is 17.0. The van der Waals surface area contributed by atoms with Gasteiger partial charge in [-0.05, 0) is 43.4 Å². The van der Waals surface area contributed by atoms with E-state index in [0.29, 0.717) is 45.8 Å². The summed E-state index contributed by atoms with van der Waals surface area (Å²) in [5.41, 5.74) is 6.63. The summed E-state index contributed by atoms with van der Waals surface area (Å²) in [5.74, 6) is -0.0633. The van der Waals surface area contributed by atoms with Crippen molar-refractivity contribution < 1.29 is 14.3 Å². The van der Waals surface area contributed by atoms with Gasteiger partial charge in [0.2, 0.25) is 5.91 Å². The van der Waals surface area contributed by atoms with E-state index in [1.54, 1.807) is 0 Å². The molecule has 3 rings (SSSR count). The first kappa shape index (κ1) is 17.9. The molecule has 1 aromatic rings.